The van der Waals surface area contributed by atoms with Gasteiger partial charge in [-0.25, -0.2) is 4.98 Å². The quantitative estimate of drug-likeness (QED) is 0.534. The molecule has 0 aliphatic carbocycles. The van der Waals surface area contributed by atoms with Gasteiger partial charge in [0.05, 0.1) is 20.8 Å². The Labute approximate surface area is 201 Å². The van der Waals surface area contributed by atoms with Gasteiger partial charge < -0.3 is 24.4 Å². The molecule has 1 aromatic heterocycles. The van der Waals surface area contributed by atoms with E-state index in [-0.39, 0.29) is 23.8 Å². The van der Waals surface area contributed by atoms with Gasteiger partial charge in [0.15, 0.2) is 11.5 Å². The van der Waals surface area contributed by atoms with E-state index in [1.165, 1.54) is 0 Å². The summed E-state index contributed by atoms with van der Waals surface area (Å²) in [5, 5.41) is 4.59. The number of likely N-dealkylation sites (tertiary alicyclic amines) is 1. The highest BCUT2D eigenvalue weighted by atomic mass is 16.5. The summed E-state index contributed by atoms with van der Waals surface area (Å²) in [6.07, 6.45) is 6.92. The van der Waals surface area contributed by atoms with Gasteiger partial charge in [0, 0.05) is 31.0 Å². The first-order valence-electron chi connectivity index (χ1n) is 11.8. The van der Waals surface area contributed by atoms with Crippen LogP contribution in [-0.4, -0.2) is 61.2 Å². The fourth-order valence-corrected chi connectivity index (χ4v) is 4.13. The summed E-state index contributed by atoms with van der Waals surface area (Å²) in [6.45, 7) is 6.80. The van der Waals surface area contributed by atoms with Crippen LogP contribution in [0, 0.1) is 5.92 Å². The Balaban J connectivity index is 1.83. The van der Waals surface area contributed by atoms with Gasteiger partial charge in [-0.15, -0.1) is 0 Å². The van der Waals surface area contributed by atoms with Crippen molar-refractivity contribution < 1.29 is 23.8 Å². The summed E-state index contributed by atoms with van der Waals surface area (Å²) in [4.78, 5) is 32.0. The van der Waals surface area contributed by atoms with Crippen LogP contribution in [0.3, 0.4) is 0 Å². The van der Waals surface area contributed by atoms with Gasteiger partial charge in [0.25, 0.3) is 0 Å². The summed E-state index contributed by atoms with van der Waals surface area (Å²) < 4.78 is 17.1. The first-order valence-corrected chi connectivity index (χ1v) is 11.8. The van der Waals surface area contributed by atoms with Crippen LogP contribution in [0.1, 0.15) is 40.0 Å². The molecule has 1 N–H and O–H groups in total. The van der Waals surface area contributed by atoms with Crippen molar-refractivity contribution in [2.75, 3.05) is 27.3 Å². The Hall–Kier alpha value is -3.29. The molecule has 1 saturated heterocycles. The van der Waals surface area contributed by atoms with E-state index in [4.69, 9.17) is 14.2 Å². The molecule has 2 aromatic rings. The number of hydrogen-bond donors (Lipinski definition) is 1. The first-order chi connectivity index (χ1) is 16.4. The maximum absolute atomic E-state index is 12.9. The van der Waals surface area contributed by atoms with Crippen molar-refractivity contribution >= 4 is 22.6 Å². The van der Waals surface area contributed by atoms with Crippen molar-refractivity contribution in [2.45, 2.75) is 52.2 Å². The summed E-state index contributed by atoms with van der Waals surface area (Å²) in [5.41, 5.74) is 0. The number of aromatic nitrogens is 1. The monoisotopic (exact) mass is 469 g/mol. The van der Waals surface area contributed by atoms with Gasteiger partial charge in [0.2, 0.25) is 17.7 Å². The Morgan fingerprint density at radius 2 is 1.94 bits per heavy atom. The summed E-state index contributed by atoms with van der Waals surface area (Å²) in [6, 6.07) is 5.00. The number of benzene rings is 1. The number of rotatable bonds is 10. The normalized spacial score (nSPS) is 18.0. The fraction of sp³-hybridized carbons (Fsp3) is 0.500. The third kappa shape index (κ3) is 5.98. The average Bonchev–Trinajstić information content (AvgIpc) is 3.24. The number of methoxy groups -OCH3 is 2. The Kier molecular flexibility index (Phi) is 8.73. The Morgan fingerprint density at radius 3 is 2.62 bits per heavy atom. The second kappa shape index (κ2) is 11.7. The number of carbonyl (C=O) groups is 2. The van der Waals surface area contributed by atoms with Crippen LogP contribution in [0.2, 0.25) is 0 Å². The molecule has 2 atom stereocenters. The molecule has 0 saturated carbocycles. The van der Waals surface area contributed by atoms with Crippen LogP contribution in [0.25, 0.3) is 10.8 Å². The lowest BCUT2D eigenvalue weighted by atomic mass is 10.1. The molecule has 3 rings (SSSR count). The van der Waals surface area contributed by atoms with Crippen LogP contribution in [0.5, 0.6) is 17.4 Å². The number of nitrogens with zero attached hydrogens (tertiary/aromatic N) is 2. The zero-order valence-electron chi connectivity index (χ0n) is 20.7. The molecule has 8 heteroatoms. The van der Waals surface area contributed by atoms with Crippen LogP contribution in [0.15, 0.2) is 36.5 Å². The van der Waals surface area contributed by atoms with E-state index in [1.54, 1.807) is 25.3 Å². The molecule has 8 nitrogen and oxygen atoms in total. The smallest absolute Gasteiger partial charge is 0.243 e. The van der Waals surface area contributed by atoms with E-state index in [0.717, 1.165) is 17.2 Å². The van der Waals surface area contributed by atoms with Gasteiger partial charge >= 0.3 is 0 Å². The number of amides is 2. The number of nitrogens with one attached hydrogen (secondary N) is 1. The zero-order chi connectivity index (χ0) is 24.7. The largest absolute Gasteiger partial charge is 0.493 e. The fourth-order valence-electron chi connectivity index (χ4n) is 4.13. The molecule has 0 spiro atoms. The molecule has 184 valence electrons. The van der Waals surface area contributed by atoms with E-state index in [9.17, 15) is 9.59 Å². The summed E-state index contributed by atoms with van der Waals surface area (Å²) in [7, 11) is 3.17. The van der Waals surface area contributed by atoms with Crippen LogP contribution in [0.4, 0.5) is 0 Å². The van der Waals surface area contributed by atoms with E-state index in [2.05, 4.69) is 10.3 Å². The summed E-state index contributed by atoms with van der Waals surface area (Å²) >= 11 is 0. The van der Waals surface area contributed by atoms with Crippen LogP contribution in [-0.2, 0) is 9.59 Å². The van der Waals surface area contributed by atoms with E-state index >= 15 is 0 Å². The number of hydrogen-bond acceptors (Lipinski definition) is 6. The summed E-state index contributed by atoms with van der Waals surface area (Å²) in [5.74, 6) is 1.62. The molecule has 34 heavy (non-hydrogen) atoms. The van der Waals surface area contributed by atoms with Crippen molar-refractivity contribution in [2.24, 2.45) is 5.92 Å². The zero-order valence-corrected chi connectivity index (χ0v) is 20.7. The van der Waals surface area contributed by atoms with Gasteiger partial charge in [-0.2, -0.15) is 0 Å². The minimum atomic E-state index is -0.573. The number of ether oxygens (including phenoxy) is 3. The molecule has 1 aliphatic rings. The predicted octanol–water partition coefficient (Wildman–Crippen LogP) is 3.73. The van der Waals surface area contributed by atoms with Gasteiger partial charge in [-0.3, -0.25) is 9.59 Å². The highest BCUT2D eigenvalue weighted by molar-refractivity contribution is 5.90. The number of carbonyl (C=O) groups excluding carboxylic acids is 2. The van der Waals surface area contributed by atoms with Crippen molar-refractivity contribution in [3.05, 3.63) is 36.5 Å². The van der Waals surface area contributed by atoms with Gasteiger partial charge in [0.1, 0.15) is 12.1 Å². The maximum Gasteiger partial charge on any atom is 0.243 e. The SMILES string of the molecule is CC/C=C\CNC(=O)[C@@H]1C[C@@H](Oc2nccc3cc(OC)c(OC)cc23)CN1C(=O)CC(C)C. The Morgan fingerprint density at radius 1 is 1.21 bits per heavy atom. The van der Waals surface area contributed by atoms with Crippen LogP contribution >= 0.6 is 0 Å². The van der Waals surface area contributed by atoms with Crippen molar-refractivity contribution in [1.82, 2.24) is 15.2 Å². The van der Waals surface area contributed by atoms with E-state index in [1.807, 2.05) is 51.1 Å². The topological polar surface area (TPSA) is 90.0 Å². The highest BCUT2D eigenvalue weighted by Gasteiger charge is 2.40. The Bertz CT molecular complexity index is 1040. The molecular weight excluding hydrogens is 434 g/mol. The third-order valence-corrected chi connectivity index (χ3v) is 5.78. The molecule has 0 radical (unpaired) electrons. The lowest BCUT2D eigenvalue weighted by Crippen LogP contribution is -2.46. The molecular formula is C26H35N3O5. The lowest BCUT2D eigenvalue weighted by molar-refractivity contribution is -0.139. The third-order valence-electron chi connectivity index (χ3n) is 5.78. The second-order valence-electron chi connectivity index (χ2n) is 8.80. The minimum absolute atomic E-state index is 0.0392. The molecule has 2 heterocycles. The molecule has 1 aliphatic heterocycles. The van der Waals surface area contributed by atoms with Crippen molar-refractivity contribution in [1.29, 1.82) is 0 Å². The van der Waals surface area contributed by atoms with Crippen molar-refractivity contribution in [3.63, 3.8) is 0 Å². The standard InChI is InChI=1S/C26H35N3O5/c1-6-7-8-10-27-25(31)21-14-19(16-29(21)24(30)12-17(2)3)34-26-20-15-23(33-5)22(32-4)13-18(20)9-11-28-26/h7-9,11,13,15,17,19,21H,6,10,12,14,16H2,1-5H3,(H,27,31)/b8-7-/t19-,21+/m1/s1. The van der Waals surface area contributed by atoms with Crippen molar-refractivity contribution in [3.8, 4) is 17.4 Å². The molecule has 0 unspecified atom stereocenters. The predicted molar refractivity (Wildman–Crippen MR) is 131 cm³/mol. The first kappa shape index (κ1) is 25.3. The molecule has 0 bridgehead atoms. The van der Waals surface area contributed by atoms with E-state index < -0.39 is 6.04 Å². The maximum atomic E-state index is 12.9. The van der Waals surface area contributed by atoms with Crippen LogP contribution < -0.4 is 19.5 Å². The second-order valence-corrected chi connectivity index (χ2v) is 8.80. The van der Waals surface area contributed by atoms with Gasteiger partial charge in [-0.1, -0.05) is 32.9 Å². The molecule has 1 fully saturated rings. The van der Waals surface area contributed by atoms with E-state index in [0.29, 0.717) is 43.3 Å². The average molecular weight is 470 g/mol. The minimum Gasteiger partial charge on any atom is -0.493 e. The number of allylic oxidation sites excluding steroid dienone is 1. The number of fused-ring (bicyclic) bond motifs is 1. The lowest BCUT2D eigenvalue weighted by Gasteiger charge is -2.24. The highest BCUT2D eigenvalue weighted by Crippen LogP contribution is 2.36. The molecule has 2 amide bonds. The number of pyridine rings is 1. The molecule has 1 aromatic carbocycles. The van der Waals surface area contributed by atoms with Gasteiger partial charge in [-0.05, 0) is 35.9 Å².